The standard InChI is InChI=1S/C14H21N3O/c1-4-12-7-13(5-2)17(16-12)9-14-6-11(8-15)10(3)18-14/h6-7H,4-5,8-9,15H2,1-3H3. The fraction of sp³-hybridized carbons (Fsp3) is 0.500. The van der Waals surface area contributed by atoms with Gasteiger partial charge in [-0.15, -0.1) is 0 Å². The molecule has 4 nitrogen and oxygen atoms in total. The number of hydrogen-bond acceptors (Lipinski definition) is 3. The van der Waals surface area contributed by atoms with Crippen LogP contribution in [0.25, 0.3) is 0 Å². The Balaban J connectivity index is 2.24. The summed E-state index contributed by atoms with van der Waals surface area (Å²) >= 11 is 0. The SMILES string of the molecule is CCc1cc(CC)n(Cc2cc(CN)c(C)o2)n1. The fourth-order valence-corrected chi connectivity index (χ4v) is 2.13. The number of nitrogens with two attached hydrogens (primary N) is 1. The highest BCUT2D eigenvalue weighted by atomic mass is 16.3. The summed E-state index contributed by atoms with van der Waals surface area (Å²) in [7, 11) is 0. The molecule has 2 aromatic heterocycles. The highest BCUT2D eigenvalue weighted by Gasteiger charge is 2.10. The highest BCUT2D eigenvalue weighted by molar-refractivity contribution is 5.21. The predicted octanol–water partition coefficient (Wildman–Crippen LogP) is 2.42. The molecule has 18 heavy (non-hydrogen) atoms. The number of hydrogen-bond donors (Lipinski definition) is 1. The van der Waals surface area contributed by atoms with Crippen LogP contribution in [0.2, 0.25) is 0 Å². The first-order valence-electron chi connectivity index (χ1n) is 6.51. The minimum Gasteiger partial charge on any atom is -0.464 e. The predicted molar refractivity (Wildman–Crippen MR) is 71.4 cm³/mol. The molecule has 0 amide bonds. The number of aromatic nitrogens is 2. The van der Waals surface area contributed by atoms with E-state index in [1.807, 2.05) is 17.7 Å². The van der Waals surface area contributed by atoms with Gasteiger partial charge in [-0.1, -0.05) is 13.8 Å². The van der Waals surface area contributed by atoms with Crippen molar-refractivity contribution in [1.82, 2.24) is 9.78 Å². The van der Waals surface area contributed by atoms with E-state index in [1.54, 1.807) is 0 Å². The maximum absolute atomic E-state index is 5.71. The molecule has 0 radical (unpaired) electrons. The van der Waals surface area contributed by atoms with Gasteiger partial charge in [0.1, 0.15) is 11.5 Å². The van der Waals surface area contributed by atoms with Crippen LogP contribution in [0.15, 0.2) is 16.5 Å². The maximum Gasteiger partial charge on any atom is 0.125 e. The molecule has 2 heterocycles. The minimum absolute atomic E-state index is 0.523. The van der Waals surface area contributed by atoms with E-state index < -0.39 is 0 Å². The summed E-state index contributed by atoms with van der Waals surface area (Å²) in [6, 6.07) is 4.20. The van der Waals surface area contributed by atoms with E-state index in [-0.39, 0.29) is 0 Å². The van der Waals surface area contributed by atoms with Gasteiger partial charge in [-0.05, 0) is 31.9 Å². The molecular formula is C14H21N3O. The maximum atomic E-state index is 5.71. The normalized spacial score (nSPS) is 11.1. The molecule has 0 aliphatic carbocycles. The van der Waals surface area contributed by atoms with Crippen LogP contribution in [0.3, 0.4) is 0 Å². The Hall–Kier alpha value is -1.55. The third-order valence-electron chi connectivity index (χ3n) is 3.24. The largest absolute Gasteiger partial charge is 0.464 e. The van der Waals surface area contributed by atoms with Crippen molar-refractivity contribution in [1.29, 1.82) is 0 Å². The molecule has 2 rings (SSSR count). The van der Waals surface area contributed by atoms with Gasteiger partial charge in [0.2, 0.25) is 0 Å². The smallest absolute Gasteiger partial charge is 0.125 e. The van der Waals surface area contributed by atoms with E-state index in [0.29, 0.717) is 13.1 Å². The zero-order valence-corrected chi connectivity index (χ0v) is 11.4. The lowest BCUT2D eigenvalue weighted by molar-refractivity contribution is 0.452. The van der Waals surface area contributed by atoms with E-state index in [4.69, 9.17) is 10.2 Å². The lowest BCUT2D eigenvalue weighted by atomic mass is 10.2. The molecule has 0 atom stereocenters. The molecule has 0 aliphatic heterocycles. The molecule has 0 fully saturated rings. The van der Waals surface area contributed by atoms with Crippen LogP contribution in [0.5, 0.6) is 0 Å². The number of furan rings is 1. The third kappa shape index (κ3) is 2.48. The summed E-state index contributed by atoms with van der Waals surface area (Å²) in [6.45, 7) is 7.42. The Bertz CT molecular complexity index is 525. The minimum atomic E-state index is 0.523. The van der Waals surface area contributed by atoms with Crippen molar-refractivity contribution in [3.8, 4) is 0 Å². The molecule has 0 aromatic carbocycles. The van der Waals surface area contributed by atoms with Gasteiger partial charge in [-0.25, -0.2) is 0 Å². The Kier molecular flexibility index (Phi) is 3.87. The Morgan fingerprint density at radius 1 is 1.28 bits per heavy atom. The van der Waals surface area contributed by atoms with Gasteiger partial charge < -0.3 is 10.2 Å². The monoisotopic (exact) mass is 247 g/mol. The first-order chi connectivity index (χ1) is 8.67. The molecule has 0 saturated heterocycles. The van der Waals surface area contributed by atoms with Crippen molar-refractivity contribution >= 4 is 0 Å². The quantitative estimate of drug-likeness (QED) is 0.882. The summed E-state index contributed by atoms with van der Waals surface area (Å²) in [5.74, 6) is 1.84. The second-order valence-electron chi connectivity index (χ2n) is 4.49. The molecule has 0 aliphatic rings. The number of nitrogens with zero attached hydrogens (tertiary/aromatic N) is 2. The summed E-state index contributed by atoms with van der Waals surface area (Å²) in [5.41, 5.74) is 9.11. The Morgan fingerprint density at radius 3 is 2.61 bits per heavy atom. The average molecular weight is 247 g/mol. The van der Waals surface area contributed by atoms with Crippen LogP contribution in [-0.2, 0) is 25.9 Å². The molecule has 98 valence electrons. The van der Waals surface area contributed by atoms with Gasteiger partial charge in [0, 0.05) is 17.8 Å². The summed E-state index contributed by atoms with van der Waals surface area (Å²) in [6.07, 6.45) is 1.95. The van der Waals surface area contributed by atoms with Crippen LogP contribution in [-0.4, -0.2) is 9.78 Å². The molecule has 0 spiro atoms. The van der Waals surface area contributed by atoms with Crippen LogP contribution in [0, 0.1) is 6.92 Å². The Morgan fingerprint density at radius 2 is 2.06 bits per heavy atom. The third-order valence-corrected chi connectivity index (χ3v) is 3.24. The van der Waals surface area contributed by atoms with Crippen molar-refractivity contribution in [2.24, 2.45) is 5.73 Å². The van der Waals surface area contributed by atoms with Gasteiger partial charge in [0.05, 0.1) is 12.2 Å². The van der Waals surface area contributed by atoms with Gasteiger partial charge in [-0.3, -0.25) is 4.68 Å². The summed E-state index contributed by atoms with van der Waals surface area (Å²) in [4.78, 5) is 0. The topological polar surface area (TPSA) is 57.0 Å². The van der Waals surface area contributed by atoms with Gasteiger partial charge >= 0.3 is 0 Å². The average Bonchev–Trinajstić information content (AvgIpc) is 2.92. The van der Waals surface area contributed by atoms with Crippen molar-refractivity contribution in [2.45, 2.75) is 46.7 Å². The molecule has 2 aromatic rings. The Labute approximate surface area is 108 Å². The van der Waals surface area contributed by atoms with Crippen molar-refractivity contribution in [3.05, 3.63) is 40.6 Å². The van der Waals surface area contributed by atoms with E-state index in [9.17, 15) is 0 Å². The molecule has 0 bridgehead atoms. The molecule has 2 N–H and O–H groups in total. The van der Waals surface area contributed by atoms with E-state index >= 15 is 0 Å². The first kappa shape index (κ1) is 12.9. The lowest BCUT2D eigenvalue weighted by Gasteiger charge is -2.02. The highest BCUT2D eigenvalue weighted by Crippen LogP contribution is 2.16. The summed E-state index contributed by atoms with van der Waals surface area (Å²) < 4.78 is 7.74. The zero-order chi connectivity index (χ0) is 13.1. The molecule has 0 unspecified atom stereocenters. The van der Waals surface area contributed by atoms with Crippen molar-refractivity contribution in [3.63, 3.8) is 0 Å². The number of rotatable bonds is 5. The molecule has 4 heteroatoms. The zero-order valence-electron chi connectivity index (χ0n) is 11.4. The summed E-state index contributed by atoms with van der Waals surface area (Å²) in [5, 5.41) is 4.58. The molecular weight excluding hydrogens is 226 g/mol. The number of aryl methyl sites for hydroxylation is 3. The second-order valence-corrected chi connectivity index (χ2v) is 4.49. The lowest BCUT2D eigenvalue weighted by Crippen LogP contribution is -2.05. The van der Waals surface area contributed by atoms with Crippen LogP contribution >= 0.6 is 0 Å². The van der Waals surface area contributed by atoms with Gasteiger partial charge in [-0.2, -0.15) is 5.10 Å². The first-order valence-corrected chi connectivity index (χ1v) is 6.51. The van der Waals surface area contributed by atoms with Crippen LogP contribution < -0.4 is 5.73 Å². The van der Waals surface area contributed by atoms with E-state index in [0.717, 1.165) is 35.6 Å². The van der Waals surface area contributed by atoms with E-state index in [2.05, 4.69) is 25.0 Å². The molecule has 0 saturated carbocycles. The second kappa shape index (κ2) is 5.40. The van der Waals surface area contributed by atoms with Crippen LogP contribution in [0.4, 0.5) is 0 Å². The van der Waals surface area contributed by atoms with Gasteiger partial charge in [0.15, 0.2) is 0 Å². The van der Waals surface area contributed by atoms with E-state index in [1.165, 1.54) is 5.69 Å². The fourth-order valence-electron chi connectivity index (χ4n) is 2.13. The van der Waals surface area contributed by atoms with Crippen LogP contribution in [0.1, 0.15) is 42.3 Å². The van der Waals surface area contributed by atoms with Crippen molar-refractivity contribution < 1.29 is 4.42 Å². The van der Waals surface area contributed by atoms with Crippen molar-refractivity contribution in [2.75, 3.05) is 0 Å². The van der Waals surface area contributed by atoms with Gasteiger partial charge in [0.25, 0.3) is 0 Å².